The molecular formula is C13H27NO4Si. The summed E-state index contributed by atoms with van der Waals surface area (Å²) in [5.74, 6) is -0.315. The molecule has 0 bridgehead atoms. The lowest BCUT2D eigenvalue weighted by atomic mass is 10.2. The average molecular weight is 289 g/mol. The van der Waals surface area contributed by atoms with Crippen molar-refractivity contribution in [3.8, 4) is 0 Å². The van der Waals surface area contributed by atoms with E-state index in [4.69, 9.17) is 14.0 Å². The van der Waals surface area contributed by atoms with Crippen LogP contribution < -0.4 is 0 Å². The summed E-state index contributed by atoms with van der Waals surface area (Å²) in [6.45, 7) is 13.1. The van der Waals surface area contributed by atoms with E-state index in [1.807, 2.05) is 7.05 Å². The van der Waals surface area contributed by atoms with E-state index in [1.165, 1.54) is 6.92 Å². The number of carbonyl (C=O) groups is 1. The van der Waals surface area contributed by atoms with Crippen LogP contribution in [0.5, 0.6) is 0 Å². The number of carbonyl (C=O) groups excluding carboxylic acids is 1. The highest BCUT2D eigenvalue weighted by atomic mass is 28.4. The van der Waals surface area contributed by atoms with Gasteiger partial charge in [0.1, 0.15) is 0 Å². The quantitative estimate of drug-likeness (QED) is 0.588. The van der Waals surface area contributed by atoms with Crippen molar-refractivity contribution in [2.75, 3.05) is 13.7 Å². The van der Waals surface area contributed by atoms with Gasteiger partial charge in [-0.05, 0) is 18.1 Å². The van der Waals surface area contributed by atoms with Gasteiger partial charge in [0.15, 0.2) is 8.32 Å². The van der Waals surface area contributed by atoms with E-state index < -0.39 is 14.6 Å². The molecule has 5 nitrogen and oxygen atoms in total. The summed E-state index contributed by atoms with van der Waals surface area (Å²) < 4.78 is 11.2. The van der Waals surface area contributed by atoms with E-state index in [0.717, 1.165) is 0 Å². The summed E-state index contributed by atoms with van der Waals surface area (Å²) in [7, 11) is 0.104. The summed E-state index contributed by atoms with van der Waals surface area (Å²) >= 11 is 0. The SMILES string of the molecule is CC(=O)OC1C[C@H](CO[Si](C)(C)C(C)(C)C)N(C)O1. The number of rotatable bonds is 4. The second-order valence-electron chi connectivity index (χ2n) is 6.65. The second-order valence-corrected chi connectivity index (χ2v) is 11.5. The van der Waals surface area contributed by atoms with Gasteiger partial charge in [0.05, 0.1) is 12.6 Å². The fraction of sp³-hybridized carbons (Fsp3) is 0.923. The van der Waals surface area contributed by atoms with Crippen molar-refractivity contribution in [1.29, 1.82) is 0 Å². The van der Waals surface area contributed by atoms with Crippen LogP contribution in [0.1, 0.15) is 34.1 Å². The van der Waals surface area contributed by atoms with E-state index in [1.54, 1.807) is 5.06 Å². The maximum atomic E-state index is 10.9. The molecule has 19 heavy (non-hydrogen) atoms. The van der Waals surface area contributed by atoms with E-state index >= 15 is 0 Å². The third-order valence-electron chi connectivity index (χ3n) is 4.00. The molecule has 0 aromatic heterocycles. The van der Waals surface area contributed by atoms with E-state index in [9.17, 15) is 4.79 Å². The van der Waals surface area contributed by atoms with Crippen molar-refractivity contribution in [3.05, 3.63) is 0 Å². The zero-order valence-corrected chi connectivity index (χ0v) is 14.1. The topological polar surface area (TPSA) is 48.0 Å². The summed E-state index contributed by atoms with van der Waals surface area (Å²) in [6.07, 6.45) is 0.181. The summed E-state index contributed by atoms with van der Waals surface area (Å²) in [6, 6.07) is 0.137. The molecule has 0 saturated carbocycles. The number of nitrogens with zero attached hydrogens (tertiary/aromatic N) is 1. The van der Waals surface area contributed by atoms with Gasteiger partial charge in [-0.3, -0.25) is 9.63 Å². The number of hydrogen-bond acceptors (Lipinski definition) is 5. The van der Waals surface area contributed by atoms with Crippen molar-refractivity contribution in [1.82, 2.24) is 5.06 Å². The van der Waals surface area contributed by atoms with Gasteiger partial charge >= 0.3 is 5.97 Å². The number of ether oxygens (including phenoxy) is 1. The highest BCUT2D eigenvalue weighted by Gasteiger charge is 2.40. The molecule has 0 amide bonds. The molecule has 1 heterocycles. The fourth-order valence-corrected chi connectivity index (χ4v) is 2.68. The first-order valence-corrected chi connectivity index (χ1v) is 9.64. The highest BCUT2D eigenvalue weighted by Crippen LogP contribution is 2.37. The van der Waals surface area contributed by atoms with Crippen LogP contribution in [-0.4, -0.2) is 45.3 Å². The molecule has 2 atom stereocenters. The monoisotopic (exact) mass is 289 g/mol. The summed E-state index contributed by atoms with van der Waals surface area (Å²) in [5, 5.41) is 1.93. The minimum Gasteiger partial charge on any atom is -0.434 e. The first-order valence-electron chi connectivity index (χ1n) is 6.74. The Morgan fingerprint density at radius 1 is 1.42 bits per heavy atom. The Morgan fingerprint density at radius 3 is 2.47 bits per heavy atom. The van der Waals surface area contributed by atoms with E-state index in [-0.39, 0.29) is 17.0 Å². The molecule has 1 rings (SSSR count). The number of likely N-dealkylation sites (N-methyl/N-ethyl adjacent to an activating group) is 1. The van der Waals surface area contributed by atoms with Crippen molar-refractivity contribution >= 4 is 14.3 Å². The molecule has 0 aromatic carbocycles. The normalized spacial score (nSPS) is 25.6. The van der Waals surface area contributed by atoms with Gasteiger partial charge < -0.3 is 9.16 Å². The van der Waals surface area contributed by atoms with Gasteiger partial charge in [0, 0.05) is 20.4 Å². The van der Waals surface area contributed by atoms with Crippen LogP contribution >= 0.6 is 0 Å². The third-order valence-corrected chi connectivity index (χ3v) is 8.50. The van der Waals surface area contributed by atoms with Crippen LogP contribution in [-0.2, 0) is 18.8 Å². The summed E-state index contributed by atoms with van der Waals surface area (Å²) in [5.41, 5.74) is 0. The molecule has 6 heteroatoms. The van der Waals surface area contributed by atoms with Gasteiger partial charge in [-0.15, -0.1) is 0 Å². The first kappa shape index (κ1) is 16.6. The molecule has 1 unspecified atom stereocenters. The Labute approximate surface area is 117 Å². The van der Waals surface area contributed by atoms with Gasteiger partial charge in [0.2, 0.25) is 6.29 Å². The second kappa shape index (κ2) is 5.91. The molecule has 0 aliphatic carbocycles. The predicted molar refractivity (Wildman–Crippen MR) is 76.0 cm³/mol. The molecule has 0 radical (unpaired) electrons. The van der Waals surface area contributed by atoms with Crippen molar-refractivity contribution in [2.45, 2.75) is 64.6 Å². The van der Waals surface area contributed by atoms with Crippen LogP contribution in [0.2, 0.25) is 18.1 Å². The van der Waals surface area contributed by atoms with Crippen LogP contribution in [0, 0.1) is 0 Å². The molecule has 0 N–H and O–H groups in total. The minimum atomic E-state index is -1.75. The maximum Gasteiger partial charge on any atom is 0.304 e. The Hall–Kier alpha value is -0.433. The van der Waals surface area contributed by atoms with Crippen LogP contribution in [0.25, 0.3) is 0 Å². The molecule has 1 saturated heterocycles. The Morgan fingerprint density at radius 2 is 2.00 bits per heavy atom. The van der Waals surface area contributed by atoms with Crippen LogP contribution in [0.4, 0.5) is 0 Å². The first-order chi connectivity index (χ1) is 8.53. The molecule has 0 aromatic rings. The lowest BCUT2D eigenvalue weighted by Gasteiger charge is -2.37. The fourth-order valence-electron chi connectivity index (χ4n) is 1.63. The molecule has 0 spiro atoms. The van der Waals surface area contributed by atoms with Crippen LogP contribution in [0.15, 0.2) is 0 Å². The van der Waals surface area contributed by atoms with E-state index in [0.29, 0.717) is 13.0 Å². The van der Waals surface area contributed by atoms with Crippen molar-refractivity contribution in [3.63, 3.8) is 0 Å². The predicted octanol–water partition coefficient (Wildman–Crippen LogP) is 2.53. The smallest absolute Gasteiger partial charge is 0.304 e. The van der Waals surface area contributed by atoms with Gasteiger partial charge in [-0.1, -0.05) is 20.8 Å². The number of hydrogen-bond donors (Lipinski definition) is 0. The number of hydroxylamine groups is 2. The third kappa shape index (κ3) is 4.56. The zero-order valence-electron chi connectivity index (χ0n) is 13.1. The zero-order chi connectivity index (χ0) is 14.8. The van der Waals surface area contributed by atoms with Gasteiger partial charge in [0.25, 0.3) is 0 Å². The van der Waals surface area contributed by atoms with Crippen molar-refractivity contribution < 1.29 is 18.8 Å². The van der Waals surface area contributed by atoms with E-state index in [2.05, 4.69) is 33.9 Å². The molecule has 1 fully saturated rings. The van der Waals surface area contributed by atoms with Gasteiger partial charge in [-0.2, -0.15) is 5.06 Å². The standard InChI is InChI=1S/C13H27NO4Si/c1-10(15)17-12-8-11(14(5)18-12)9-16-19(6,7)13(2,3)4/h11-12H,8-9H2,1-7H3/t11-,12?/m1/s1. The lowest BCUT2D eigenvalue weighted by Crippen LogP contribution is -2.44. The lowest BCUT2D eigenvalue weighted by molar-refractivity contribution is -0.226. The molecule has 1 aliphatic rings. The Bertz CT molecular complexity index is 327. The number of esters is 1. The highest BCUT2D eigenvalue weighted by molar-refractivity contribution is 6.74. The minimum absolute atomic E-state index is 0.137. The molecule has 1 aliphatic heterocycles. The van der Waals surface area contributed by atoms with Gasteiger partial charge in [-0.25, -0.2) is 0 Å². The van der Waals surface area contributed by atoms with Crippen molar-refractivity contribution in [2.24, 2.45) is 0 Å². The molecular weight excluding hydrogens is 262 g/mol. The summed E-state index contributed by atoms with van der Waals surface area (Å²) in [4.78, 5) is 16.4. The molecule has 112 valence electrons. The average Bonchev–Trinajstić information content (AvgIpc) is 2.53. The maximum absolute atomic E-state index is 10.9. The largest absolute Gasteiger partial charge is 0.434 e. The Kier molecular flexibility index (Phi) is 5.17. The van der Waals surface area contributed by atoms with Crippen LogP contribution in [0.3, 0.4) is 0 Å². The Balaban J connectivity index is 2.48.